The van der Waals surface area contributed by atoms with Gasteiger partial charge in [0, 0.05) is 17.1 Å². The summed E-state index contributed by atoms with van der Waals surface area (Å²) in [5.41, 5.74) is 1.09. The summed E-state index contributed by atoms with van der Waals surface area (Å²) in [5.74, 6) is -0.394. The highest BCUT2D eigenvalue weighted by molar-refractivity contribution is 9.10. The van der Waals surface area contributed by atoms with Crippen molar-refractivity contribution in [1.82, 2.24) is 10.2 Å². The van der Waals surface area contributed by atoms with Gasteiger partial charge in [-0.1, -0.05) is 59.5 Å². The highest BCUT2D eigenvalue weighted by atomic mass is 79.9. The number of para-hydroxylation sites is 2. The van der Waals surface area contributed by atoms with E-state index in [9.17, 15) is 18.0 Å². The van der Waals surface area contributed by atoms with Crippen LogP contribution in [0.5, 0.6) is 5.75 Å². The smallest absolute Gasteiger partial charge is 0.244 e. The first kappa shape index (κ1) is 28.0. The van der Waals surface area contributed by atoms with Crippen molar-refractivity contribution < 1.29 is 22.7 Å². The zero-order valence-electron chi connectivity index (χ0n) is 20.9. The molecule has 2 aromatic carbocycles. The number of sulfonamides is 1. The van der Waals surface area contributed by atoms with Crippen molar-refractivity contribution in [1.29, 1.82) is 0 Å². The Morgan fingerprint density at radius 1 is 1.08 bits per heavy atom. The minimum absolute atomic E-state index is 0.0967. The number of benzene rings is 2. The predicted molar refractivity (Wildman–Crippen MR) is 144 cm³/mol. The van der Waals surface area contributed by atoms with Crippen LogP contribution in [0.2, 0.25) is 0 Å². The predicted octanol–water partition coefficient (Wildman–Crippen LogP) is 4.09. The van der Waals surface area contributed by atoms with Crippen LogP contribution in [0.3, 0.4) is 0 Å². The highest BCUT2D eigenvalue weighted by Gasteiger charge is 2.32. The number of methoxy groups -OCH3 is 1. The first-order valence-electron chi connectivity index (χ1n) is 12.0. The number of nitrogens with zero attached hydrogens (tertiary/aromatic N) is 2. The summed E-state index contributed by atoms with van der Waals surface area (Å²) < 4.78 is 32.7. The van der Waals surface area contributed by atoms with E-state index in [1.165, 1.54) is 18.4 Å². The van der Waals surface area contributed by atoms with Crippen LogP contribution in [0, 0.1) is 0 Å². The van der Waals surface area contributed by atoms with Gasteiger partial charge in [-0.3, -0.25) is 13.9 Å². The third kappa shape index (κ3) is 7.46. The van der Waals surface area contributed by atoms with Crippen LogP contribution in [-0.2, 0) is 26.2 Å². The third-order valence-electron chi connectivity index (χ3n) is 6.42. The number of anilines is 1. The molecule has 1 aliphatic carbocycles. The number of hydrogen-bond acceptors (Lipinski definition) is 5. The summed E-state index contributed by atoms with van der Waals surface area (Å²) in [6, 6.07) is 13.4. The summed E-state index contributed by atoms with van der Waals surface area (Å²) in [6.07, 6.45) is 6.21. The van der Waals surface area contributed by atoms with E-state index in [0.717, 1.165) is 46.3 Å². The van der Waals surface area contributed by atoms with Crippen LogP contribution in [0.4, 0.5) is 5.69 Å². The van der Waals surface area contributed by atoms with E-state index in [0.29, 0.717) is 5.75 Å². The molecular weight excluding hydrogens is 546 g/mol. The van der Waals surface area contributed by atoms with Crippen LogP contribution in [0.15, 0.2) is 53.0 Å². The van der Waals surface area contributed by atoms with Gasteiger partial charge in [-0.15, -0.1) is 0 Å². The molecule has 0 aromatic heterocycles. The number of halogens is 1. The number of carbonyl (C=O) groups is 2. The Morgan fingerprint density at radius 2 is 1.72 bits per heavy atom. The lowest BCUT2D eigenvalue weighted by molar-refractivity contribution is -0.139. The van der Waals surface area contributed by atoms with E-state index >= 15 is 0 Å². The molecule has 1 aliphatic rings. The van der Waals surface area contributed by atoms with Crippen LogP contribution >= 0.6 is 15.9 Å². The van der Waals surface area contributed by atoms with Gasteiger partial charge in [0.05, 0.1) is 19.1 Å². The van der Waals surface area contributed by atoms with Crippen LogP contribution in [-0.4, -0.2) is 57.1 Å². The average molecular weight is 581 g/mol. The zero-order chi connectivity index (χ0) is 26.3. The van der Waals surface area contributed by atoms with Crippen molar-refractivity contribution in [3.63, 3.8) is 0 Å². The minimum Gasteiger partial charge on any atom is -0.495 e. The Balaban J connectivity index is 1.89. The van der Waals surface area contributed by atoms with Gasteiger partial charge in [-0.2, -0.15) is 0 Å². The second kappa shape index (κ2) is 12.6. The van der Waals surface area contributed by atoms with E-state index in [1.54, 1.807) is 31.2 Å². The summed E-state index contributed by atoms with van der Waals surface area (Å²) in [5, 5.41) is 3.09. The number of ether oxygens (including phenoxy) is 1. The molecule has 1 fully saturated rings. The molecule has 0 heterocycles. The van der Waals surface area contributed by atoms with Gasteiger partial charge in [-0.05, 0) is 49.6 Å². The lowest BCUT2D eigenvalue weighted by Crippen LogP contribution is -2.53. The monoisotopic (exact) mass is 579 g/mol. The Labute approximate surface area is 222 Å². The minimum atomic E-state index is -3.83. The van der Waals surface area contributed by atoms with E-state index < -0.39 is 28.5 Å². The van der Waals surface area contributed by atoms with Gasteiger partial charge in [0.15, 0.2) is 0 Å². The van der Waals surface area contributed by atoms with Gasteiger partial charge in [-0.25, -0.2) is 8.42 Å². The van der Waals surface area contributed by atoms with Crippen molar-refractivity contribution >= 4 is 43.5 Å². The average Bonchev–Trinajstić information content (AvgIpc) is 2.86. The molecule has 1 unspecified atom stereocenters. The summed E-state index contributed by atoms with van der Waals surface area (Å²) in [4.78, 5) is 28.3. The fraction of sp³-hybridized carbons (Fsp3) is 0.462. The number of carbonyl (C=O) groups excluding carboxylic acids is 2. The number of nitrogens with one attached hydrogen (secondary N) is 1. The topological polar surface area (TPSA) is 96.0 Å². The maximum atomic E-state index is 13.7. The van der Waals surface area contributed by atoms with E-state index in [-0.39, 0.29) is 24.2 Å². The van der Waals surface area contributed by atoms with Gasteiger partial charge >= 0.3 is 0 Å². The maximum Gasteiger partial charge on any atom is 0.244 e. The molecule has 3 rings (SSSR count). The summed E-state index contributed by atoms with van der Waals surface area (Å²) in [6.45, 7) is 1.38. The van der Waals surface area contributed by atoms with Gasteiger partial charge in [0.1, 0.15) is 18.3 Å². The molecule has 1 N–H and O–H groups in total. The van der Waals surface area contributed by atoms with Crippen LogP contribution in [0.1, 0.15) is 44.6 Å². The second-order valence-corrected chi connectivity index (χ2v) is 11.9. The van der Waals surface area contributed by atoms with E-state index in [1.807, 2.05) is 24.3 Å². The van der Waals surface area contributed by atoms with Crippen molar-refractivity contribution in [3.8, 4) is 5.75 Å². The molecule has 0 saturated heterocycles. The molecule has 2 aromatic rings. The first-order valence-corrected chi connectivity index (χ1v) is 14.7. The fourth-order valence-corrected chi connectivity index (χ4v) is 5.49. The van der Waals surface area contributed by atoms with Crippen molar-refractivity contribution in [2.75, 3.05) is 24.2 Å². The lowest BCUT2D eigenvalue weighted by Gasteiger charge is -2.33. The molecule has 0 radical (unpaired) electrons. The molecular formula is C26H34BrN3O5S. The third-order valence-corrected chi connectivity index (χ3v) is 8.07. The van der Waals surface area contributed by atoms with Crippen LogP contribution in [0.25, 0.3) is 0 Å². The molecule has 1 saturated carbocycles. The standard InChI is InChI=1S/C26H34BrN3O5S/c1-19(26(32)28-22-9-5-4-6-10-22)29(17-20-13-15-21(27)16-14-20)25(31)18-30(36(3,33)34)23-11-7-8-12-24(23)35-2/h7-8,11-16,19,22H,4-6,9-10,17-18H2,1-3H3,(H,28,32). The first-order chi connectivity index (χ1) is 17.1. The molecule has 0 spiro atoms. The Hall–Kier alpha value is -2.59. The Kier molecular flexibility index (Phi) is 9.78. The quantitative estimate of drug-likeness (QED) is 0.457. The van der Waals surface area contributed by atoms with Gasteiger partial charge < -0.3 is 15.0 Å². The molecule has 2 amide bonds. The molecule has 0 aliphatic heterocycles. The van der Waals surface area contributed by atoms with E-state index in [2.05, 4.69) is 21.2 Å². The summed E-state index contributed by atoms with van der Waals surface area (Å²) >= 11 is 3.41. The number of amides is 2. The Bertz CT molecular complexity index is 1150. The SMILES string of the molecule is COc1ccccc1N(CC(=O)N(Cc1ccc(Br)cc1)C(C)C(=O)NC1CCCCC1)S(C)(=O)=O. The largest absolute Gasteiger partial charge is 0.495 e. The van der Waals surface area contributed by atoms with Gasteiger partial charge in [0.25, 0.3) is 0 Å². The van der Waals surface area contributed by atoms with Crippen molar-refractivity contribution in [3.05, 3.63) is 58.6 Å². The maximum absolute atomic E-state index is 13.7. The molecule has 1 atom stereocenters. The molecule has 10 heteroatoms. The Morgan fingerprint density at radius 3 is 2.33 bits per heavy atom. The lowest BCUT2D eigenvalue weighted by atomic mass is 9.95. The second-order valence-electron chi connectivity index (χ2n) is 9.11. The number of rotatable bonds is 10. The van der Waals surface area contributed by atoms with Gasteiger partial charge in [0.2, 0.25) is 21.8 Å². The van der Waals surface area contributed by atoms with E-state index in [4.69, 9.17) is 4.74 Å². The molecule has 0 bridgehead atoms. The summed E-state index contributed by atoms with van der Waals surface area (Å²) in [7, 11) is -2.38. The molecule has 8 nitrogen and oxygen atoms in total. The molecule has 196 valence electrons. The van der Waals surface area contributed by atoms with Crippen LogP contribution < -0.4 is 14.4 Å². The van der Waals surface area contributed by atoms with Crippen molar-refractivity contribution in [2.24, 2.45) is 0 Å². The molecule has 36 heavy (non-hydrogen) atoms. The zero-order valence-corrected chi connectivity index (χ0v) is 23.3. The number of hydrogen-bond donors (Lipinski definition) is 1. The normalized spacial score (nSPS) is 15.1. The van der Waals surface area contributed by atoms with Crippen molar-refractivity contribution in [2.45, 2.75) is 57.7 Å². The highest BCUT2D eigenvalue weighted by Crippen LogP contribution is 2.29. The fourth-order valence-electron chi connectivity index (χ4n) is 4.37.